The molecule has 0 heterocycles. The minimum absolute atomic E-state index is 0.738. The molecule has 1 aromatic rings. The van der Waals surface area contributed by atoms with Gasteiger partial charge in [0.15, 0.2) is 11.5 Å². The Morgan fingerprint density at radius 3 is 2.60 bits per heavy atom. The predicted molar refractivity (Wildman–Crippen MR) is 65.8 cm³/mol. The normalized spacial score (nSPS) is 10.1. The van der Waals surface area contributed by atoms with Crippen molar-refractivity contribution >= 4 is 15.9 Å². The summed E-state index contributed by atoms with van der Waals surface area (Å²) < 4.78 is 12.0. The van der Waals surface area contributed by atoms with E-state index in [0.29, 0.717) is 0 Å². The van der Waals surface area contributed by atoms with Crippen LogP contribution in [0.4, 0.5) is 0 Å². The zero-order chi connectivity index (χ0) is 11.3. The summed E-state index contributed by atoms with van der Waals surface area (Å²) in [5.74, 6) is 1.61. The van der Waals surface area contributed by atoms with Crippen molar-refractivity contribution in [3.8, 4) is 11.5 Å². The fourth-order valence-electron chi connectivity index (χ4n) is 1.24. The molecule has 0 N–H and O–H groups in total. The maximum Gasteiger partial charge on any atom is 0.162 e. The second-order valence-corrected chi connectivity index (χ2v) is 4.31. The standard InChI is InChI=1S/C12H17BrO2/c1-4-5-6-15-12-8-10(13)9(2)7-11(12)14-3/h7-8H,4-6H2,1-3H3. The van der Waals surface area contributed by atoms with E-state index in [0.717, 1.165) is 41.0 Å². The molecule has 0 spiro atoms. The van der Waals surface area contributed by atoms with Crippen molar-refractivity contribution in [2.75, 3.05) is 13.7 Å². The third-order valence-electron chi connectivity index (χ3n) is 2.20. The number of aryl methyl sites for hydroxylation is 1. The lowest BCUT2D eigenvalue weighted by atomic mass is 10.2. The number of methoxy groups -OCH3 is 1. The van der Waals surface area contributed by atoms with Gasteiger partial charge in [-0.15, -0.1) is 0 Å². The largest absolute Gasteiger partial charge is 0.493 e. The molecule has 0 radical (unpaired) electrons. The number of benzene rings is 1. The van der Waals surface area contributed by atoms with Gasteiger partial charge in [0.2, 0.25) is 0 Å². The van der Waals surface area contributed by atoms with Gasteiger partial charge in [-0.05, 0) is 31.0 Å². The Morgan fingerprint density at radius 1 is 1.27 bits per heavy atom. The zero-order valence-electron chi connectivity index (χ0n) is 9.47. The molecule has 0 aliphatic carbocycles. The Bertz CT molecular complexity index is 324. The van der Waals surface area contributed by atoms with E-state index in [-0.39, 0.29) is 0 Å². The monoisotopic (exact) mass is 272 g/mol. The fourth-order valence-corrected chi connectivity index (χ4v) is 1.56. The highest BCUT2D eigenvalue weighted by molar-refractivity contribution is 9.10. The molecule has 15 heavy (non-hydrogen) atoms. The molecule has 0 aliphatic rings. The Kier molecular flexibility index (Phi) is 4.95. The van der Waals surface area contributed by atoms with Gasteiger partial charge in [-0.2, -0.15) is 0 Å². The lowest BCUT2D eigenvalue weighted by Crippen LogP contribution is -1.99. The summed E-state index contributed by atoms with van der Waals surface area (Å²) in [5, 5.41) is 0. The molecular formula is C12H17BrO2. The van der Waals surface area contributed by atoms with Gasteiger partial charge in [0, 0.05) is 4.47 Å². The third kappa shape index (κ3) is 3.42. The lowest BCUT2D eigenvalue weighted by molar-refractivity contribution is 0.288. The number of unbranched alkanes of at least 4 members (excludes halogenated alkanes) is 1. The molecule has 1 rings (SSSR count). The molecule has 84 valence electrons. The average Bonchev–Trinajstić information content (AvgIpc) is 2.23. The average molecular weight is 273 g/mol. The van der Waals surface area contributed by atoms with Crippen molar-refractivity contribution in [1.29, 1.82) is 0 Å². The second kappa shape index (κ2) is 6.01. The molecule has 0 amide bonds. The van der Waals surface area contributed by atoms with Crippen LogP contribution < -0.4 is 9.47 Å². The van der Waals surface area contributed by atoms with Crippen LogP contribution in [-0.2, 0) is 0 Å². The first-order valence-electron chi connectivity index (χ1n) is 5.16. The summed E-state index contributed by atoms with van der Waals surface area (Å²) in [4.78, 5) is 0. The van der Waals surface area contributed by atoms with E-state index in [9.17, 15) is 0 Å². The highest BCUT2D eigenvalue weighted by Gasteiger charge is 2.07. The van der Waals surface area contributed by atoms with Crippen molar-refractivity contribution in [1.82, 2.24) is 0 Å². The number of halogens is 1. The summed E-state index contributed by atoms with van der Waals surface area (Å²) >= 11 is 3.48. The van der Waals surface area contributed by atoms with Gasteiger partial charge < -0.3 is 9.47 Å². The molecule has 0 bridgehead atoms. The van der Waals surface area contributed by atoms with Gasteiger partial charge in [-0.3, -0.25) is 0 Å². The van der Waals surface area contributed by atoms with Crippen molar-refractivity contribution in [2.24, 2.45) is 0 Å². The first kappa shape index (κ1) is 12.4. The Balaban J connectivity index is 2.80. The summed E-state index contributed by atoms with van der Waals surface area (Å²) in [6.07, 6.45) is 2.20. The summed E-state index contributed by atoms with van der Waals surface area (Å²) in [5.41, 5.74) is 1.15. The van der Waals surface area contributed by atoms with Gasteiger partial charge in [-0.25, -0.2) is 0 Å². The highest BCUT2D eigenvalue weighted by Crippen LogP contribution is 2.33. The minimum atomic E-state index is 0.738. The van der Waals surface area contributed by atoms with Crippen LogP contribution >= 0.6 is 15.9 Å². The minimum Gasteiger partial charge on any atom is -0.493 e. The van der Waals surface area contributed by atoms with E-state index in [4.69, 9.17) is 9.47 Å². The van der Waals surface area contributed by atoms with Crippen molar-refractivity contribution < 1.29 is 9.47 Å². The molecule has 0 saturated heterocycles. The van der Waals surface area contributed by atoms with Gasteiger partial charge in [-0.1, -0.05) is 29.3 Å². The Morgan fingerprint density at radius 2 is 2.00 bits per heavy atom. The van der Waals surface area contributed by atoms with E-state index in [2.05, 4.69) is 22.9 Å². The van der Waals surface area contributed by atoms with Crippen molar-refractivity contribution in [2.45, 2.75) is 26.7 Å². The van der Waals surface area contributed by atoms with Gasteiger partial charge in [0.1, 0.15) is 0 Å². The zero-order valence-corrected chi connectivity index (χ0v) is 11.1. The Labute approximate surface area is 99.7 Å². The summed E-state index contributed by atoms with van der Waals surface area (Å²) in [6.45, 7) is 4.91. The van der Waals surface area contributed by atoms with Crippen LogP contribution in [0.3, 0.4) is 0 Å². The molecule has 3 heteroatoms. The summed E-state index contributed by atoms with van der Waals surface area (Å²) in [6, 6.07) is 3.94. The molecule has 2 nitrogen and oxygen atoms in total. The number of ether oxygens (including phenoxy) is 2. The van der Waals surface area contributed by atoms with Crippen LogP contribution in [0.2, 0.25) is 0 Å². The molecule has 0 fully saturated rings. The van der Waals surface area contributed by atoms with E-state index in [1.54, 1.807) is 7.11 Å². The first-order valence-corrected chi connectivity index (χ1v) is 5.95. The van der Waals surface area contributed by atoms with Gasteiger partial charge in [0.05, 0.1) is 13.7 Å². The molecule has 0 atom stereocenters. The SMILES string of the molecule is CCCCOc1cc(Br)c(C)cc1OC. The maximum atomic E-state index is 5.65. The van der Waals surface area contributed by atoms with Crippen LogP contribution in [0.25, 0.3) is 0 Å². The van der Waals surface area contributed by atoms with Crippen molar-refractivity contribution in [3.63, 3.8) is 0 Å². The smallest absolute Gasteiger partial charge is 0.162 e. The molecule has 0 aliphatic heterocycles. The van der Waals surface area contributed by atoms with Crippen LogP contribution in [-0.4, -0.2) is 13.7 Å². The number of hydrogen-bond acceptors (Lipinski definition) is 2. The third-order valence-corrected chi connectivity index (χ3v) is 3.05. The van der Waals surface area contributed by atoms with E-state index in [1.165, 1.54) is 0 Å². The topological polar surface area (TPSA) is 18.5 Å². The predicted octanol–water partition coefficient (Wildman–Crippen LogP) is 3.95. The highest BCUT2D eigenvalue weighted by atomic mass is 79.9. The van der Waals surface area contributed by atoms with Crippen LogP contribution in [0.1, 0.15) is 25.3 Å². The first-order chi connectivity index (χ1) is 7.19. The van der Waals surface area contributed by atoms with Gasteiger partial charge >= 0.3 is 0 Å². The Hall–Kier alpha value is -0.700. The molecular weight excluding hydrogens is 256 g/mol. The van der Waals surface area contributed by atoms with E-state index < -0.39 is 0 Å². The second-order valence-electron chi connectivity index (χ2n) is 3.45. The lowest BCUT2D eigenvalue weighted by Gasteiger charge is -2.12. The van der Waals surface area contributed by atoms with Crippen molar-refractivity contribution in [3.05, 3.63) is 22.2 Å². The fraction of sp³-hybridized carbons (Fsp3) is 0.500. The van der Waals surface area contributed by atoms with E-state index >= 15 is 0 Å². The molecule has 0 aromatic heterocycles. The van der Waals surface area contributed by atoms with E-state index in [1.807, 2.05) is 19.1 Å². The van der Waals surface area contributed by atoms with Crippen LogP contribution in [0.5, 0.6) is 11.5 Å². The molecule has 1 aromatic carbocycles. The molecule has 0 unspecified atom stereocenters. The maximum absolute atomic E-state index is 5.65. The van der Waals surface area contributed by atoms with Crippen LogP contribution in [0, 0.1) is 6.92 Å². The number of rotatable bonds is 5. The number of hydrogen-bond donors (Lipinski definition) is 0. The van der Waals surface area contributed by atoms with Crippen LogP contribution in [0.15, 0.2) is 16.6 Å². The quantitative estimate of drug-likeness (QED) is 0.756. The summed E-state index contributed by atoms with van der Waals surface area (Å²) in [7, 11) is 1.66. The molecule has 0 saturated carbocycles. The van der Waals surface area contributed by atoms with Gasteiger partial charge in [0.25, 0.3) is 0 Å².